The number of carbonyl (C=O) groups excluding carboxylic acids is 1. The highest BCUT2D eigenvalue weighted by Crippen LogP contribution is 2.34. The van der Waals surface area contributed by atoms with Gasteiger partial charge in [-0.05, 0) is 29.9 Å². The van der Waals surface area contributed by atoms with E-state index in [1.165, 1.54) is 22.5 Å². The first-order valence-corrected chi connectivity index (χ1v) is 8.14. The van der Waals surface area contributed by atoms with E-state index < -0.39 is 0 Å². The Kier molecular flexibility index (Phi) is 4.20. The Hall–Kier alpha value is -1.88. The lowest BCUT2D eigenvalue weighted by Crippen LogP contribution is -2.26. The van der Waals surface area contributed by atoms with Crippen LogP contribution in [-0.4, -0.2) is 17.4 Å². The Labute approximate surface area is 128 Å². The van der Waals surface area contributed by atoms with Gasteiger partial charge in [0, 0.05) is 24.8 Å². The number of amides is 1. The van der Waals surface area contributed by atoms with Crippen molar-refractivity contribution >= 4 is 22.4 Å². The zero-order chi connectivity index (χ0) is 14.7. The van der Waals surface area contributed by atoms with Gasteiger partial charge in [0.05, 0.1) is 5.69 Å². The SMILES string of the molecule is Nc1nc(CCNC(=O)CC2CCc3ccccc32)cs1. The summed E-state index contributed by atoms with van der Waals surface area (Å²) < 4.78 is 0. The van der Waals surface area contributed by atoms with Gasteiger partial charge in [0.1, 0.15) is 0 Å². The lowest BCUT2D eigenvalue weighted by Gasteiger charge is -2.11. The van der Waals surface area contributed by atoms with Gasteiger partial charge >= 0.3 is 0 Å². The van der Waals surface area contributed by atoms with Crippen molar-refractivity contribution in [2.75, 3.05) is 12.3 Å². The van der Waals surface area contributed by atoms with Crippen molar-refractivity contribution in [2.24, 2.45) is 0 Å². The van der Waals surface area contributed by atoms with Crippen LogP contribution in [0.2, 0.25) is 0 Å². The molecule has 1 amide bonds. The zero-order valence-electron chi connectivity index (χ0n) is 11.8. The Bertz CT molecular complexity index is 638. The summed E-state index contributed by atoms with van der Waals surface area (Å²) in [5.41, 5.74) is 9.28. The third-order valence-electron chi connectivity index (χ3n) is 3.96. The number of nitrogens with zero attached hydrogens (tertiary/aromatic N) is 1. The molecule has 1 atom stereocenters. The quantitative estimate of drug-likeness (QED) is 0.891. The fourth-order valence-corrected chi connectivity index (χ4v) is 3.52. The molecule has 0 aliphatic heterocycles. The third-order valence-corrected chi connectivity index (χ3v) is 4.68. The predicted octanol–water partition coefficient (Wildman–Crippen LogP) is 2.50. The summed E-state index contributed by atoms with van der Waals surface area (Å²) in [4.78, 5) is 16.2. The van der Waals surface area contributed by atoms with Crippen molar-refractivity contribution in [2.45, 2.75) is 31.6 Å². The molecule has 110 valence electrons. The molecule has 0 radical (unpaired) electrons. The third kappa shape index (κ3) is 3.42. The van der Waals surface area contributed by atoms with Crippen molar-refractivity contribution in [3.63, 3.8) is 0 Å². The number of rotatable bonds is 5. The van der Waals surface area contributed by atoms with Crippen LogP contribution in [0.15, 0.2) is 29.6 Å². The minimum Gasteiger partial charge on any atom is -0.375 e. The van der Waals surface area contributed by atoms with E-state index in [1.807, 2.05) is 5.38 Å². The first-order valence-electron chi connectivity index (χ1n) is 7.27. The summed E-state index contributed by atoms with van der Waals surface area (Å²) in [5, 5.41) is 5.50. The Morgan fingerprint density at radius 2 is 2.29 bits per heavy atom. The van der Waals surface area contributed by atoms with E-state index in [0.29, 0.717) is 24.0 Å². The van der Waals surface area contributed by atoms with Gasteiger partial charge in [-0.25, -0.2) is 4.98 Å². The Balaban J connectivity index is 1.47. The standard InChI is InChI=1S/C16H19N3OS/c17-16-19-13(10-21-16)7-8-18-15(20)9-12-6-5-11-3-1-2-4-14(11)12/h1-4,10,12H,5-9H2,(H2,17,19)(H,18,20). The first-order chi connectivity index (χ1) is 10.2. The summed E-state index contributed by atoms with van der Waals surface area (Å²) in [6.45, 7) is 0.621. The molecule has 3 rings (SSSR count). The molecular weight excluding hydrogens is 282 g/mol. The molecule has 5 heteroatoms. The maximum Gasteiger partial charge on any atom is 0.220 e. The highest BCUT2D eigenvalue weighted by molar-refractivity contribution is 7.13. The maximum absolute atomic E-state index is 12.1. The molecule has 0 saturated heterocycles. The van der Waals surface area contributed by atoms with Crippen LogP contribution in [0.1, 0.15) is 35.6 Å². The molecule has 0 bridgehead atoms. The fraction of sp³-hybridized carbons (Fsp3) is 0.375. The molecule has 0 fully saturated rings. The van der Waals surface area contributed by atoms with Gasteiger partial charge in [0.2, 0.25) is 5.91 Å². The summed E-state index contributed by atoms with van der Waals surface area (Å²) in [6, 6.07) is 8.45. The number of benzene rings is 1. The van der Waals surface area contributed by atoms with Gasteiger partial charge in [-0.15, -0.1) is 11.3 Å². The number of hydrogen-bond acceptors (Lipinski definition) is 4. The molecule has 3 N–H and O–H groups in total. The zero-order valence-corrected chi connectivity index (χ0v) is 12.7. The molecule has 2 aromatic rings. The monoisotopic (exact) mass is 301 g/mol. The maximum atomic E-state index is 12.1. The predicted molar refractivity (Wildman–Crippen MR) is 85.4 cm³/mol. The van der Waals surface area contributed by atoms with E-state index in [9.17, 15) is 4.79 Å². The van der Waals surface area contributed by atoms with Crippen molar-refractivity contribution < 1.29 is 4.79 Å². The van der Waals surface area contributed by atoms with Crippen LogP contribution in [0.5, 0.6) is 0 Å². The van der Waals surface area contributed by atoms with Gasteiger partial charge in [-0.2, -0.15) is 0 Å². The second-order valence-corrected chi connectivity index (χ2v) is 6.31. The second kappa shape index (κ2) is 6.26. The van der Waals surface area contributed by atoms with Gasteiger partial charge in [0.15, 0.2) is 5.13 Å². The van der Waals surface area contributed by atoms with Crippen molar-refractivity contribution in [1.82, 2.24) is 10.3 Å². The second-order valence-electron chi connectivity index (χ2n) is 5.42. The highest BCUT2D eigenvalue weighted by atomic mass is 32.1. The number of fused-ring (bicyclic) bond motifs is 1. The van der Waals surface area contributed by atoms with Crippen LogP contribution in [0.3, 0.4) is 0 Å². The van der Waals surface area contributed by atoms with Gasteiger partial charge in [-0.1, -0.05) is 24.3 Å². The number of nitrogens with two attached hydrogens (primary N) is 1. The lowest BCUT2D eigenvalue weighted by atomic mass is 9.97. The molecule has 4 nitrogen and oxygen atoms in total. The van der Waals surface area contributed by atoms with Crippen molar-refractivity contribution in [1.29, 1.82) is 0 Å². The van der Waals surface area contributed by atoms with Crippen LogP contribution < -0.4 is 11.1 Å². The largest absolute Gasteiger partial charge is 0.375 e. The molecule has 21 heavy (non-hydrogen) atoms. The van der Waals surface area contributed by atoms with E-state index in [1.54, 1.807) is 0 Å². The number of carbonyl (C=O) groups is 1. The average molecular weight is 301 g/mol. The Morgan fingerprint density at radius 1 is 1.43 bits per heavy atom. The smallest absolute Gasteiger partial charge is 0.220 e. The van der Waals surface area contributed by atoms with Crippen molar-refractivity contribution in [3.8, 4) is 0 Å². The summed E-state index contributed by atoms with van der Waals surface area (Å²) in [5.74, 6) is 0.496. The fourth-order valence-electron chi connectivity index (χ4n) is 2.92. The molecule has 1 aliphatic carbocycles. The molecule has 1 aromatic carbocycles. The number of nitrogens with one attached hydrogen (secondary N) is 1. The topological polar surface area (TPSA) is 68.0 Å². The molecule has 0 spiro atoms. The van der Waals surface area contributed by atoms with E-state index in [-0.39, 0.29) is 5.91 Å². The van der Waals surface area contributed by atoms with Crippen LogP contribution in [0.25, 0.3) is 0 Å². The van der Waals surface area contributed by atoms with Crippen LogP contribution >= 0.6 is 11.3 Å². The number of hydrogen-bond donors (Lipinski definition) is 2. The lowest BCUT2D eigenvalue weighted by molar-refractivity contribution is -0.121. The minimum absolute atomic E-state index is 0.125. The minimum atomic E-state index is 0.125. The van der Waals surface area contributed by atoms with E-state index in [4.69, 9.17) is 5.73 Å². The van der Waals surface area contributed by atoms with Crippen LogP contribution in [0, 0.1) is 0 Å². The average Bonchev–Trinajstić information content (AvgIpc) is 3.06. The molecule has 1 unspecified atom stereocenters. The Morgan fingerprint density at radius 3 is 3.10 bits per heavy atom. The normalized spacial score (nSPS) is 16.7. The molecule has 1 aliphatic rings. The van der Waals surface area contributed by atoms with Gasteiger partial charge in [-0.3, -0.25) is 4.79 Å². The van der Waals surface area contributed by atoms with Crippen LogP contribution in [-0.2, 0) is 17.6 Å². The summed E-state index contributed by atoms with van der Waals surface area (Å²) in [6.07, 6.45) is 3.48. The molecule has 1 heterocycles. The first kappa shape index (κ1) is 14.1. The van der Waals surface area contributed by atoms with Gasteiger partial charge in [0.25, 0.3) is 0 Å². The van der Waals surface area contributed by atoms with Gasteiger partial charge < -0.3 is 11.1 Å². The van der Waals surface area contributed by atoms with E-state index in [2.05, 4.69) is 34.6 Å². The van der Waals surface area contributed by atoms with Crippen LogP contribution in [0.4, 0.5) is 5.13 Å². The highest BCUT2D eigenvalue weighted by Gasteiger charge is 2.23. The van der Waals surface area contributed by atoms with E-state index in [0.717, 1.165) is 25.0 Å². The number of nitrogen functional groups attached to an aromatic ring is 1. The number of thiazole rings is 1. The molecule has 1 aromatic heterocycles. The molecule has 0 saturated carbocycles. The number of aromatic nitrogens is 1. The molecular formula is C16H19N3OS. The number of aryl methyl sites for hydroxylation is 1. The summed E-state index contributed by atoms with van der Waals surface area (Å²) >= 11 is 1.44. The number of anilines is 1. The van der Waals surface area contributed by atoms with E-state index >= 15 is 0 Å². The van der Waals surface area contributed by atoms with Crippen molar-refractivity contribution in [3.05, 3.63) is 46.5 Å². The summed E-state index contributed by atoms with van der Waals surface area (Å²) in [7, 11) is 0.